The lowest BCUT2D eigenvalue weighted by atomic mass is 9.86. The number of rotatable bonds is 6. The molecule has 11 rings (SSSR count). The zero-order valence-electron chi connectivity index (χ0n) is 32.5. The van der Waals surface area contributed by atoms with Crippen LogP contribution in [-0.4, -0.2) is 0 Å². The molecule has 0 aliphatic rings. The van der Waals surface area contributed by atoms with Crippen molar-refractivity contribution in [3.05, 3.63) is 217 Å². The molecule has 0 heterocycles. The predicted molar refractivity (Wildman–Crippen MR) is 250 cm³/mol. The van der Waals surface area contributed by atoms with Crippen molar-refractivity contribution in [2.75, 3.05) is 9.80 Å². The van der Waals surface area contributed by atoms with Gasteiger partial charge in [-0.3, -0.25) is 0 Å². The number of hydrogen-bond donors (Lipinski definition) is 0. The molecule has 0 aliphatic carbocycles. The van der Waals surface area contributed by atoms with Gasteiger partial charge in [-0.1, -0.05) is 121 Å². The molecule has 0 bridgehead atoms. The fourth-order valence-electron chi connectivity index (χ4n) is 9.50. The highest BCUT2D eigenvalue weighted by Crippen LogP contribution is 2.47. The molecular weight excluding hydrogens is 701 g/mol. The molecule has 274 valence electrons. The van der Waals surface area contributed by atoms with Gasteiger partial charge in [0.25, 0.3) is 0 Å². The largest absolute Gasteiger partial charge is 0.310 e. The topological polar surface area (TPSA) is 6.48 Å². The average molecular weight is 741 g/mol. The van der Waals surface area contributed by atoms with E-state index in [1.54, 1.807) is 0 Å². The van der Waals surface area contributed by atoms with E-state index in [9.17, 15) is 0 Å². The summed E-state index contributed by atoms with van der Waals surface area (Å²) in [6.45, 7) is 4.57. The Morgan fingerprint density at radius 2 is 0.483 bits per heavy atom. The van der Waals surface area contributed by atoms with Gasteiger partial charge in [-0.2, -0.15) is 0 Å². The molecule has 2 nitrogen and oxygen atoms in total. The van der Waals surface area contributed by atoms with Gasteiger partial charge in [0, 0.05) is 34.1 Å². The molecule has 0 fully saturated rings. The van der Waals surface area contributed by atoms with E-state index in [0.717, 1.165) is 34.1 Å². The van der Waals surface area contributed by atoms with Crippen molar-refractivity contribution in [2.24, 2.45) is 0 Å². The van der Waals surface area contributed by atoms with Crippen molar-refractivity contribution < 1.29 is 0 Å². The number of para-hydroxylation sites is 4. The summed E-state index contributed by atoms with van der Waals surface area (Å²) in [5.74, 6) is 0. The minimum absolute atomic E-state index is 1.14. The second kappa shape index (κ2) is 13.7. The van der Waals surface area contributed by atoms with Crippen LogP contribution in [0.4, 0.5) is 34.1 Å². The fraction of sp³-hybridized carbons (Fsp3) is 0.0357. The van der Waals surface area contributed by atoms with Crippen molar-refractivity contribution in [3.63, 3.8) is 0 Å². The molecule has 0 unspecified atom stereocenters. The summed E-state index contributed by atoms with van der Waals surface area (Å²) in [5.41, 5.74) is 9.35. The molecule has 0 radical (unpaired) electrons. The first-order chi connectivity index (χ1) is 28.6. The van der Waals surface area contributed by atoms with Crippen LogP contribution in [0, 0.1) is 13.8 Å². The Labute approximate surface area is 338 Å². The van der Waals surface area contributed by atoms with Gasteiger partial charge in [0.2, 0.25) is 0 Å². The van der Waals surface area contributed by atoms with Gasteiger partial charge in [0.05, 0.1) is 0 Å². The predicted octanol–water partition coefficient (Wildman–Crippen LogP) is 16.2. The maximum atomic E-state index is 2.49. The number of nitrogens with zero attached hydrogens (tertiary/aromatic N) is 2. The molecular formula is C56H40N2. The van der Waals surface area contributed by atoms with Crippen LogP contribution < -0.4 is 9.80 Å². The van der Waals surface area contributed by atoms with Gasteiger partial charge in [-0.15, -0.1) is 0 Å². The average Bonchev–Trinajstić information content (AvgIpc) is 3.27. The molecule has 0 N–H and O–H groups in total. The molecule has 0 spiro atoms. The number of hydrogen-bond acceptors (Lipinski definition) is 2. The van der Waals surface area contributed by atoms with Crippen LogP contribution in [0.5, 0.6) is 0 Å². The van der Waals surface area contributed by atoms with Crippen LogP contribution in [-0.2, 0) is 0 Å². The lowest BCUT2D eigenvalue weighted by Gasteiger charge is -2.27. The van der Waals surface area contributed by atoms with Crippen molar-refractivity contribution in [1.82, 2.24) is 0 Å². The molecule has 0 amide bonds. The monoisotopic (exact) mass is 740 g/mol. The first-order valence-corrected chi connectivity index (χ1v) is 20.1. The van der Waals surface area contributed by atoms with Crippen LogP contribution in [0.1, 0.15) is 11.1 Å². The van der Waals surface area contributed by atoms with Crippen LogP contribution >= 0.6 is 0 Å². The third-order valence-electron chi connectivity index (χ3n) is 11.9. The minimum Gasteiger partial charge on any atom is -0.310 e. The maximum Gasteiger partial charge on any atom is 0.0470 e. The lowest BCUT2D eigenvalue weighted by Crippen LogP contribution is -2.10. The Hall–Kier alpha value is -7.42. The Balaban J connectivity index is 1.21. The van der Waals surface area contributed by atoms with E-state index < -0.39 is 0 Å². The van der Waals surface area contributed by atoms with E-state index in [1.807, 2.05) is 0 Å². The summed E-state index contributed by atoms with van der Waals surface area (Å²) in [5, 5.41) is 15.3. The normalized spacial score (nSPS) is 11.6. The zero-order chi connectivity index (χ0) is 38.7. The van der Waals surface area contributed by atoms with Crippen molar-refractivity contribution in [3.8, 4) is 0 Å². The first kappa shape index (κ1) is 33.9. The van der Waals surface area contributed by atoms with E-state index in [2.05, 4.69) is 230 Å². The maximum absolute atomic E-state index is 2.49. The standard InChI is InChI=1S/C56H40N2/c1-37-31-43(57(39-19-7-3-8-20-39)40-21-9-4-10-22-40)33-51-47-29-17-15-27-45(47)49-36-54-50(35-53(49)55(37)51)46-28-16-18-30-48(46)52-34-44(32-38(2)56(52)54)58(41-23-11-5-12-24-41)42-25-13-6-14-26-42/h3-36H,1-2H3. The second-order valence-corrected chi connectivity index (χ2v) is 15.4. The third-order valence-corrected chi connectivity index (χ3v) is 11.9. The highest BCUT2D eigenvalue weighted by atomic mass is 15.1. The fourth-order valence-corrected chi connectivity index (χ4v) is 9.50. The molecule has 0 aliphatic heterocycles. The van der Waals surface area contributed by atoms with Gasteiger partial charge in [-0.05, 0) is 175 Å². The molecule has 58 heavy (non-hydrogen) atoms. The van der Waals surface area contributed by atoms with Crippen LogP contribution in [0.25, 0.3) is 64.6 Å². The number of anilines is 6. The second-order valence-electron chi connectivity index (χ2n) is 15.4. The summed E-state index contributed by atoms with van der Waals surface area (Å²) in [4.78, 5) is 4.75. The molecule has 11 aromatic rings. The van der Waals surface area contributed by atoms with Crippen molar-refractivity contribution >= 4 is 98.8 Å². The van der Waals surface area contributed by atoms with Crippen LogP contribution in [0.2, 0.25) is 0 Å². The van der Waals surface area contributed by atoms with E-state index in [0.29, 0.717) is 0 Å². The lowest BCUT2D eigenvalue weighted by molar-refractivity contribution is 1.28. The van der Waals surface area contributed by atoms with E-state index in [4.69, 9.17) is 0 Å². The summed E-state index contributed by atoms with van der Waals surface area (Å²) in [6.07, 6.45) is 0. The molecule has 0 saturated carbocycles. The van der Waals surface area contributed by atoms with Gasteiger partial charge < -0.3 is 9.80 Å². The number of aryl methyl sites for hydroxylation is 2. The Bertz CT molecular complexity index is 3030. The van der Waals surface area contributed by atoms with E-state index in [1.165, 1.54) is 75.8 Å². The van der Waals surface area contributed by atoms with Crippen LogP contribution in [0.3, 0.4) is 0 Å². The molecule has 11 aromatic carbocycles. The Morgan fingerprint density at radius 1 is 0.224 bits per heavy atom. The number of benzene rings is 11. The van der Waals surface area contributed by atoms with E-state index in [-0.39, 0.29) is 0 Å². The first-order valence-electron chi connectivity index (χ1n) is 20.1. The minimum atomic E-state index is 1.14. The third kappa shape index (κ3) is 5.41. The quantitative estimate of drug-likeness (QED) is 0.124. The van der Waals surface area contributed by atoms with Gasteiger partial charge in [0.15, 0.2) is 0 Å². The smallest absolute Gasteiger partial charge is 0.0470 e. The van der Waals surface area contributed by atoms with Gasteiger partial charge in [0.1, 0.15) is 0 Å². The highest BCUT2D eigenvalue weighted by molar-refractivity contribution is 6.34. The zero-order valence-corrected chi connectivity index (χ0v) is 32.5. The molecule has 0 atom stereocenters. The summed E-state index contributed by atoms with van der Waals surface area (Å²) < 4.78 is 0. The molecule has 0 aromatic heterocycles. The van der Waals surface area contributed by atoms with Crippen LogP contribution in [0.15, 0.2) is 206 Å². The van der Waals surface area contributed by atoms with Crippen molar-refractivity contribution in [1.29, 1.82) is 0 Å². The summed E-state index contributed by atoms with van der Waals surface area (Å²) in [6, 6.07) is 75.3. The van der Waals surface area contributed by atoms with E-state index >= 15 is 0 Å². The SMILES string of the molecule is Cc1cc(N(c2ccccc2)c2ccccc2)cc2c3ccccc3c3cc4c(cc3c12)c1ccccc1c1cc(N(c2ccccc2)c2ccccc2)cc(C)c14. The van der Waals surface area contributed by atoms with Gasteiger partial charge >= 0.3 is 0 Å². The summed E-state index contributed by atoms with van der Waals surface area (Å²) in [7, 11) is 0. The highest BCUT2D eigenvalue weighted by Gasteiger charge is 2.21. The number of fused-ring (bicyclic) bond motifs is 12. The Morgan fingerprint density at radius 3 is 0.793 bits per heavy atom. The molecule has 2 heteroatoms. The molecule has 0 saturated heterocycles. The van der Waals surface area contributed by atoms with Gasteiger partial charge in [-0.25, -0.2) is 0 Å². The summed E-state index contributed by atoms with van der Waals surface area (Å²) >= 11 is 0. The van der Waals surface area contributed by atoms with Crippen molar-refractivity contribution in [2.45, 2.75) is 13.8 Å². The Kier molecular flexibility index (Phi) is 7.97.